The maximum Gasteiger partial charge on any atom is 0.410 e. The van der Waals surface area contributed by atoms with Gasteiger partial charge in [-0.25, -0.2) is 9.59 Å². The van der Waals surface area contributed by atoms with Crippen LogP contribution in [0, 0.1) is 0 Å². The number of rotatable bonds is 6. The van der Waals surface area contributed by atoms with Crippen molar-refractivity contribution in [3.63, 3.8) is 0 Å². The smallest absolute Gasteiger partial charge is 0.410 e. The molecule has 0 bridgehead atoms. The number of nitrogens with zero attached hydrogens (tertiary/aromatic N) is 1. The first-order valence-electron chi connectivity index (χ1n) is 10.1. The number of carbonyl (C=O) groups is 3. The highest BCUT2D eigenvalue weighted by atomic mass is 16.6. The Bertz CT molecular complexity index is 948. The van der Waals surface area contributed by atoms with Crippen LogP contribution in [-0.2, 0) is 19.1 Å². The molecule has 0 heterocycles. The second kappa shape index (κ2) is 8.79. The molecular weight excluding hydrogens is 398 g/mol. The average Bonchev–Trinajstić information content (AvgIpc) is 3.02. The molecule has 3 rings (SSSR count). The lowest BCUT2D eigenvalue weighted by molar-refractivity contribution is -0.159. The minimum absolute atomic E-state index is 0.0655. The summed E-state index contributed by atoms with van der Waals surface area (Å²) in [6.45, 7) is 5.14. The second-order valence-electron chi connectivity index (χ2n) is 8.56. The van der Waals surface area contributed by atoms with E-state index in [0.717, 1.165) is 27.2 Å². The molecule has 1 aliphatic rings. The van der Waals surface area contributed by atoms with Crippen LogP contribution in [0.4, 0.5) is 4.79 Å². The molecule has 1 unspecified atom stereocenters. The Morgan fingerprint density at radius 1 is 1.00 bits per heavy atom. The number of carboxylic acids is 1. The molecule has 7 nitrogen and oxygen atoms in total. The van der Waals surface area contributed by atoms with Gasteiger partial charge >= 0.3 is 18.0 Å². The second-order valence-corrected chi connectivity index (χ2v) is 8.56. The Balaban J connectivity index is 1.69. The first-order chi connectivity index (χ1) is 14.6. The number of hydrogen-bond acceptors (Lipinski definition) is 5. The van der Waals surface area contributed by atoms with Gasteiger partial charge in [-0.3, -0.25) is 9.69 Å². The molecule has 0 fully saturated rings. The van der Waals surface area contributed by atoms with Crippen molar-refractivity contribution in [3.8, 4) is 11.1 Å². The quantitative estimate of drug-likeness (QED) is 0.702. The number of carboxylic acid groups (broad SMARTS) is 1. The summed E-state index contributed by atoms with van der Waals surface area (Å²) in [5.74, 6) is -2.14. The topological polar surface area (TPSA) is 93.1 Å². The van der Waals surface area contributed by atoms with Crippen molar-refractivity contribution < 1.29 is 29.0 Å². The Hall–Kier alpha value is -3.35. The molecule has 0 radical (unpaired) electrons. The number of amides is 1. The zero-order chi connectivity index (χ0) is 22.8. The molecule has 0 spiro atoms. The molecule has 2 aromatic carbocycles. The minimum atomic E-state index is -1.38. The van der Waals surface area contributed by atoms with E-state index in [1.807, 2.05) is 48.5 Å². The molecule has 31 heavy (non-hydrogen) atoms. The SMILES string of the molecule is CN(C(=O)OCC1c2ccccc2-c2ccccc21)C(CC(=O)OC(C)(C)C)C(=O)O. The molecular formula is C24H27NO6. The van der Waals surface area contributed by atoms with Crippen LogP contribution < -0.4 is 0 Å². The van der Waals surface area contributed by atoms with Gasteiger partial charge in [0.2, 0.25) is 0 Å². The van der Waals surface area contributed by atoms with E-state index in [2.05, 4.69) is 0 Å². The van der Waals surface area contributed by atoms with Crippen LogP contribution in [0.25, 0.3) is 11.1 Å². The van der Waals surface area contributed by atoms with E-state index in [-0.39, 0.29) is 12.5 Å². The van der Waals surface area contributed by atoms with Gasteiger partial charge in [0.15, 0.2) is 0 Å². The zero-order valence-corrected chi connectivity index (χ0v) is 18.1. The van der Waals surface area contributed by atoms with Crippen LogP contribution in [0.1, 0.15) is 44.2 Å². The number of carbonyl (C=O) groups excluding carboxylic acids is 2. The number of benzene rings is 2. The van der Waals surface area contributed by atoms with Crippen LogP contribution in [0.5, 0.6) is 0 Å². The highest BCUT2D eigenvalue weighted by Crippen LogP contribution is 2.44. The van der Waals surface area contributed by atoms with Gasteiger partial charge in [0.25, 0.3) is 0 Å². The van der Waals surface area contributed by atoms with E-state index in [0.29, 0.717) is 0 Å². The van der Waals surface area contributed by atoms with Gasteiger partial charge in [-0.05, 0) is 43.0 Å². The number of aliphatic carboxylic acids is 1. The number of hydrogen-bond donors (Lipinski definition) is 1. The third-order valence-corrected chi connectivity index (χ3v) is 5.16. The monoisotopic (exact) mass is 425 g/mol. The number of likely N-dealkylation sites (N-methyl/N-ethyl adjacent to an activating group) is 1. The van der Waals surface area contributed by atoms with E-state index in [9.17, 15) is 19.5 Å². The van der Waals surface area contributed by atoms with Gasteiger partial charge in [-0.2, -0.15) is 0 Å². The summed E-state index contributed by atoms with van der Waals surface area (Å²) in [7, 11) is 1.31. The normalized spacial score (nSPS) is 13.7. The van der Waals surface area contributed by atoms with Crippen LogP contribution in [0.3, 0.4) is 0 Å². The standard InChI is InChI=1S/C24H27NO6/c1-24(2,3)31-21(26)13-20(22(27)28)25(4)23(29)30-14-19-17-11-7-5-9-15(17)16-10-6-8-12-18(16)19/h5-12,19-20H,13-14H2,1-4H3,(H,27,28). The highest BCUT2D eigenvalue weighted by Gasteiger charge is 2.34. The molecule has 1 aliphatic carbocycles. The van der Waals surface area contributed by atoms with Crippen LogP contribution >= 0.6 is 0 Å². The highest BCUT2D eigenvalue weighted by molar-refractivity contribution is 5.85. The molecule has 1 N–H and O–H groups in total. The van der Waals surface area contributed by atoms with E-state index in [1.165, 1.54) is 7.05 Å². The fraction of sp³-hybridized carbons (Fsp3) is 0.375. The maximum atomic E-state index is 12.6. The van der Waals surface area contributed by atoms with Gasteiger partial charge in [-0.1, -0.05) is 48.5 Å². The lowest BCUT2D eigenvalue weighted by Crippen LogP contribution is -2.45. The van der Waals surface area contributed by atoms with Crippen molar-refractivity contribution in [3.05, 3.63) is 59.7 Å². The van der Waals surface area contributed by atoms with Crippen molar-refractivity contribution >= 4 is 18.0 Å². The van der Waals surface area contributed by atoms with Crippen LogP contribution in [0.15, 0.2) is 48.5 Å². The van der Waals surface area contributed by atoms with Gasteiger partial charge < -0.3 is 14.6 Å². The van der Waals surface area contributed by atoms with Gasteiger partial charge in [0.05, 0.1) is 6.42 Å². The van der Waals surface area contributed by atoms with Gasteiger partial charge in [0, 0.05) is 13.0 Å². The molecule has 1 amide bonds. The van der Waals surface area contributed by atoms with Crippen LogP contribution in [-0.4, -0.2) is 53.3 Å². The van der Waals surface area contributed by atoms with Gasteiger partial charge in [0.1, 0.15) is 18.2 Å². The van der Waals surface area contributed by atoms with Crippen molar-refractivity contribution in [1.82, 2.24) is 4.90 Å². The van der Waals surface area contributed by atoms with E-state index < -0.39 is 36.1 Å². The van der Waals surface area contributed by atoms with Crippen LogP contribution in [0.2, 0.25) is 0 Å². The largest absolute Gasteiger partial charge is 0.480 e. The molecule has 2 aromatic rings. The number of ether oxygens (including phenoxy) is 2. The summed E-state index contributed by atoms with van der Waals surface area (Å²) in [5.41, 5.74) is 3.56. The predicted molar refractivity (Wildman–Crippen MR) is 115 cm³/mol. The molecule has 0 saturated carbocycles. The van der Waals surface area contributed by atoms with E-state index in [4.69, 9.17) is 9.47 Å². The lowest BCUT2D eigenvalue weighted by Gasteiger charge is -2.26. The Morgan fingerprint density at radius 2 is 1.52 bits per heavy atom. The number of esters is 1. The first kappa shape index (κ1) is 22.3. The number of fused-ring (bicyclic) bond motifs is 3. The summed E-state index contributed by atoms with van der Waals surface area (Å²) >= 11 is 0. The van der Waals surface area contributed by atoms with Crippen molar-refractivity contribution in [1.29, 1.82) is 0 Å². The lowest BCUT2D eigenvalue weighted by atomic mass is 9.98. The minimum Gasteiger partial charge on any atom is -0.480 e. The molecule has 7 heteroatoms. The molecule has 0 aromatic heterocycles. The summed E-state index contributed by atoms with van der Waals surface area (Å²) in [4.78, 5) is 37.3. The fourth-order valence-corrected chi connectivity index (χ4v) is 3.75. The Morgan fingerprint density at radius 3 is 2.00 bits per heavy atom. The molecule has 1 atom stereocenters. The first-order valence-corrected chi connectivity index (χ1v) is 10.1. The van der Waals surface area contributed by atoms with Crippen molar-refractivity contribution in [2.45, 2.75) is 44.8 Å². The van der Waals surface area contributed by atoms with E-state index >= 15 is 0 Å². The predicted octanol–water partition coefficient (Wildman–Crippen LogP) is 4.05. The summed E-state index contributed by atoms with van der Waals surface area (Å²) in [6.07, 6.45) is -1.27. The summed E-state index contributed by atoms with van der Waals surface area (Å²) in [6, 6.07) is 14.5. The molecule has 164 valence electrons. The Labute approximate surface area is 181 Å². The zero-order valence-electron chi connectivity index (χ0n) is 18.1. The van der Waals surface area contributed by atoms with Gasteiger partial charge in [-0.15, -0.1) is 0 Å². The average molecular weight is 425 g/mol. The van der Waals surface area contributed by atoms with Crippen molar-refractivity contribution in [2.75, 3.05) is 13.7 Å². The summed E-state index contributed by atoms with van der Waals surface area (Å²) < 4.78 is 10.7. The summed E-state index contributed by atoms with van der Waals surface area (Å²) in [5, 5.41) is 9.52. The molecule has 0 aliphatic heterocycles. The molecule has 0 saturated heterocycles. The van der Waals surface area contributed by atoms with E-state index in [1.54, 1.807) is 20.8 Å². The maximum absolute atomic E-state index is 12.6. The third kappa shape index (κ3) is 5.05. The Kier molecular flexibility index (Phi) is 6.34. The third-order valence-electron chi connectivity index (χ3n) is 5.16. The van der Waals surface area contributed by atoms with Crippen molar-refractivity contribution in [2.24, 2.45) is 0 Å². The fourth-order valence-electron chi connectivity index (χ4n) is 3.75.